The highest BCUT2D eigenvalue weighted by Gasteiger charge is 2.03. The second-order valence-electron chi connectivity index (χ2n) is 3.21. The summed E-state index contributed by atoms with van der Waals surface area (Å²) in [6.45, 7) is 0.494. The monoisotopic (exact) mass is 222 g/mol. The van der Waals surface area contributed by atoms with E-state index in [2.05, 4.69) is 0 Å². The van der Waals surface area contributed by atoms with Crippen LogP contribution in [0.4, 0.5) is 0 Å². The molecule has 1 aromatic heterocycles. The Hall–Kier alpha value is -1.25. The first-order valence-electron chi connectivity index (χ1n) is 4.63. The number of ether oxygens (including phenoxy) is 1. The predicted molar refractivity (Wildman–Crippen MR) is 59.9 cm³/mol. The smallest absolute Gasteiger partial charge is 0.134 e. The molecule has 0 atom stereocenters. The summed E-state index contributed by atoms with van der Waals surface area (Å²) in [5.41, 5.74) is 1.02. The van der Waals surface area contributed by atoms with Crippen molar-refractivity contribution in [3.63, 3.8) is 0 Å². The lowest BCUT2D eigenvalue weighted by Crippen LogP contribution is -1.81. The van der Waals surface area contributed by atoms with Crippen LogP contribution in [0.1, 0.15) is 5.76 Å². The maximum Gasteiger partial charge on any atom is 0.134 e. The molecule has 2 nitrogen and oxygen atoms in total. The molecule has 15 heavy (non-hydrogen) atoms. The fourth-order valence-corrected chi connectivity index (χ4v) is 1.49. The van der Waals surface area contributed by atoms with Gasteiger partial charge in [-0.15, -0.1) is 0 Å². The molecule has 0 amide bonds. The van der Waals surface area contributed by atoms with Gasteiger partial charge in [0.2, 0.25) is 0 Å². The topological polar surface area (TPSA) is 22.4 Å². The third-order valence-corrected chi connectivity index (χ3v) is 2.33. The molecule has 0 radical (unpaired) electrons. The van der Waals surface area contributed by atoms with Crippen LogP contribution < -0.4 is 0 Å². The summed E-state index contributed by atoms with van der Waals surface area (Å²) in [6.07, 6.45) is 0. The largest absolute Gasteiger partial charge is 0.459 e. The molecular weight excluding hydrogens is 212 g/mol. The highest BCUT2D eigenvalue weighted by molar-refractivity contribution is 6.30. The lowest BCUT2D eigenvalue weighted by atomic mass is 10.2. The van der Waals surface area contributed by atoms with Crippen LogP contribution in [0.25, 0.3) is 11.3 Å². The van der Waals surface area contributed by atoms with Crippen LogP contribution in [0, 0.1) is 0 Å². The van der Waals surface area contributed by atoms with Gasteiger partial charge in [0.1, 0.15) is 18.1 Å². The fourth-order valence-electron chi connectivity index (χ4n) is 1.37. The number of hydrogen-bond donors (Lipinski definition) is 0. The zero-order chi connectivity index (χ0) is 10.7. The van der Waals surface area contributed by atoms with Gasteiger partial charge in [-0.25, -0.2) is 0 Å². The molecule has 78 valence electrons. The van der Waals surface area contributed by atoms with Crippen molar-refractivity contribution in [3.8, 4) is 11.3 Å². The van der Waals surface area contributed by atoms with Crippen LogP contribution in [0.15, 0.2) is 40.8 Å². The number of methoxy groups -OCH3 is 1. The van der Waals surface area contributed by atoms with Crippen molar-refractivity contribution in [2.45, 2.75) is 6.61 Å². The van der Waals surface area contributed by atoms with Crippen LogP contribution in [-0.4, -0.2) is 7.11 Å². The Morgan fingerprint density at radius 1 is 1.13 bits per heavy atom. The van der Waals surface area contributed by atoms with Crippen LogP contribution >= 0.6 is 11.6 Å². The number of furan rings is 1. The summed E-state index contributed by atoms with van der Waals surface area (Å²) < 4.78 is 10.6. The summed E-state index contributed by atoms with van der Waals surface area (Å²) in [5, 5.41) is 0.724. The summed E-state index contributed by atoms with van der Waals surface area (Å²) in [7, 11) is 1.64. The van der Waals surface area contributed by atoms with Crippen molar-refractivity contribution in [2.24, 2.45) is 0 Å². The zero-order valence-electron chi connectivity index (χ0n) is 8.37. The quantitative estimate of drug-likeness (QED) is 0.789. The van der Waals surface area contributed by atoms with E-state index in [-0.39, 0.29) is 0 Å². The van der Waals surface area contributed by atoms with E-state index in [1.165, 1.54) is 0 Å². The van der Waals surface area contributed by atoms with Gasteiger partial charge in [0, 0.05) is 17.7 Å². The Labute approximate surface area is 93.4 Å². The van der Waals surface area contributed by atoms with E-state index >= 15 is 0 Å². The van der Waals surface area contributed by atoms with Gasteiger partial charge in [0.25, 0.3) is 0 Å². The SMILES string of the molecule is COCc1ccc(-c2ccc(Cl)cc2)o1. The third kappa shape index (κ3) is 2.41. The molecule has 1 heterocycles. The average Bonchev–Trinajstić information content (AvgIpc) is 2.68. The Bertz CT molecular complexity index is 431. The number of halogens is 1. The van der Waals surface area contributed by atoms with Gasteiger partial charge in [-0.2, -0.15) is 0 Å². The first-order chi connectivity index (χ1) is 7.29. The second kappa shape index (κ2) is 4.51. The van der Waals surface area contributed by atoms with Crippen LogP contribution in [0.3, 0.4) is 0 Å². The fraction of sp³-hybridized carbons (Fsp3) is 0.167. The third-order valence-electron chi connectivity index (χ3n) is 2.08. The second-order valence-corrected chi connectivity index (χ2v) is 3.64. The van der Waals surface area contributed by atoms with E-state index in [4.69, 9.17) is 20.8 Å². The van der Waals surface area contributed by atoms with Gasteiger partial charge < -0.3 is 9.15 Å². The molecule has 0 saturated heterocycles. The Kier molecular flexibility index (Phi) is 3.09. The summed E-state index contributed by atoms with van der Waals surface area (Å²) in [5.74, 6) is 1.65. The molecular formula is C12H11ClO2. The average molecular weight is 223 g/mol. The molecule has 2 aromatic rings. The van der Waals surface area contributed by atoms with Gasteiger partial charge in [-0.05, 0) is 36.4 Å². The van der Waals surface area contributed by atoms with Gasteiger partial charge in [0.15, 0.2) is 0 Å². The normalized spacial score (nSPS) is 10.5. The Morgan fingerprint density at radius 2 is 1.87 bits per heavy atom. The number of benzene rings is 1. The molecule has 0 saturated carbocycles. The van der Waals surface area contributed by atoms with E-state index in [9.17, 15) is 0 Å². The van der Waals surface area contributed by atoms with Crippen molar-refractivity contribution >= 4 is 11.6 Å². The number of rotatable bonds is 3. The van der Waals surface area contributed by atoms with E-state index in [0.29, 0.717) is 6.61 Å². The highest BCUT2D eigenvalue weighted by atomic mass is 35.5. The minimum atomic E-state index is 0.494. The van der Waals surface area contributed by atoms with Gasteiger partial charge in [0.05, 0.1) is 0 Å². The number of hydrogen-bond acceptors (Lipinski definition) is 2. The van der Waals surface area contributed by atoms with Crippen molar-refractivity contribution in [1.82, 2.24) is 0 Å². The Morgan fingerprint density at radius 3 is 2.53 bits per heavy atom. The van der Waals surface area contributed by atoms with E-state index in [0.717, 1.165) is 22.1 Å². The summed E-state index contributed by atoms with van der Waals surface area (Å²) in [4.78, 5) is 0. The van der Waals surface area contributed by atoms with Crippen molar-refractivity contribution < 1.29 is 9.15 Å². The van der Waals surface area contributed by atoms with Crippen molar-refractivity contribution in [1.29, 1.82) is 0 Å². The molecule has 3 heteroatoms. The molecule has 0 bridgehead atoms. The first-order valence-corrected chi connectivity index (χ1v) is 5.01. The first kappa shape index (κ1) is 10.3. The lowest BCUT2D eigenvalue weighted by molar-refractivity contribution is 0.165. The molecule has 1 aromatic carbocycles. The van der Waals surface area contributed by atoms with Crippen molar-refractivity contribution in [2.75, 3.05) is 7.11 Å². The molecule has 0 N–H and O–H groups in total. The zero-order valence-corrected chi connectivity index (χ0v) is 9.12. The lowest BCUT2D eigenvalue weighted by Gasteiger charge is -1.97. The van der Waals surface area contributed by atoms with Crippen molar-refractivity contribution in [3.05, 3.63) is 47.2 Å². The van der Waals surface area contributed by atoms with Gasteiger partial charge in [-0.1, -0.05) is 11.6 Å². The Balaban J connectivity index is 2.25. The van der Waals surface area contributed by atoms with Gasteiger partial charge >= 0.3 is 0 Å². The highest BCUT2D eigenvalue weighted by Crippen LogP contribution is 2.23. The minimum absolute atomic E-state index is 0.494. The molecule has 0 fully saturated rings. The predicted octanol–water partition coefficient (Wildman–Crippen LogP) is 3.75. The minimum Gasteiger partial charge on any atom is -0.459 e. The van der Waals surface area contributed by atoms with Crippen LogP contribution in [0.5, 0.6) is 0 Å². The molecule has 0 aliphatic heterocycles. The van der Waals surface area contributed by atoms with E-state index in [1.807, 2.05) is 36.4 Å². The molecule has 2 rings (SSSR count). The molecule has 0 spiro atoms. The maximum atomic E-state index is 5.80. The molecule has 0 unspecified atom stereocenters. The summed E-state index contributed by atoms with van der Waals surface area (Å²) in [6, 6.07) is 11.4. The molecule has 0 aliphatic carbocycles. The van der Waals surface area contributed by atoms with E-state index in [1.54, 1.807) is 7.11 Å². The standard InChI is InChI=1S/C12H11ClO2/c1-14-8-11-6-7-12(15-11)9-2-4-10(13)5-3-9/h2-7H,8H2,1H3. The summed E-state index contributed by atoms with van der Waals surface area (Å²) >= 11 is 5.80. The molecule has 0 aliphatic rings. The van der Waals surface area contributed by atoms with Crippen LogP contribution in [-0.2, 0) is 11.3 Å². The van der Waals surface area contributed by atoms with E-state index < -0.39 is 0 Å². The van der Waals surface area contributed by atoms with Gasteiger partial charge in [-0.3, -0.25) is 0 Å². The maximum absolute atomic E-state index is 5.80. The van der Waals surface area contributed by atoms with Crippen LogP contribution in [0.2, 0.25) is 5.02 Å².